The summed E-state index contributed by atoms with van der Waals surface area (Å²) in [5.74, 6) is 0.595. The molecule has 2 saturated heterocycles. The van der Waals surface area contributed by atoms with Gasteiger partial charge in [0.1, 0.15) is 23.4 Å². The third kappa shape index (κ3) is 5.81. The minimum atomic E-state index is -0.262. The molecule has 3 aliphatic rings. The molecule has 0 bridgehead atoms. The summed E-state index contributed by atoms with van der Waals surface area (Å²) >= 11 is 6.58. The van der Waals surface area contributed by atoms with Crippen LogP contribution in [0.1, 0.15) is 37.4 Å². The molecule has 3 aromatic rings. The number of nitrogens with zero attached hydrogens (tertiary/aromatic N) is 8. The van der Waals surface area contributed by atoms with Gasteiger partial charge in [0.05, 0.1) is 30.8 Å². The van der Waals surface area contributed by atoms with Gasteiger partial charge in [-0.15, -0.1) is 0 Å². The quantitative estimate of drug-likeness (QED) is 0.355. The summed E-state index contributed by atoms with van der Waals surface area (Å²) in [5, 5.41) is 12.0. The highest BCUT2D eigenvalue weighted by Crippen LogP contribution is 2.36. The largest absolute Gasteiger partial charge is 0.462 e. The number of anilines is 2. The molecule has 2 atom stereocenters. The fourth-order valence-corrected chi connectivity index (χ4v) is 6.72. The number of aromatic nitrogens is 3. The van der Waals surface area contributed by atoms with E-state index in [9.17, 15) is 9.65 Å². The molecule has 5 heterocycles. The minimum Gasteiger partial charge on any atom is -0.462 e. The maximum absolute atomic E-state index is 13.8. The van der Waals surface area contributed by atoms with E-state index in [1.165, 1.54) is 13.1 Å². The van der Waals surface area contributed by atoms with E-state index in [0.717, 1.165) is 65.9 Å². The van der Waals surface area contributed by atoms with Gasteiger partial charge in [0.2, 0.25) is 0 Å². The van der Waals surface area contributed by atoms with Crippen LogP contribution in [0.4, 0.5) is 15.9 Å². The van der Waals surface area contributed by atoms with Crippen LogP contribution in [0.3, 0.4) is 0 Å². The van der Waals surface area contributed by atoms with E-state index >= 15 is 0 Å². The Balaban J connectivity index is 1.34. The first-order valence-corrected chi connectivity index (χ1v) is 15.0. The van der Waals surface area contributed by atoms with Crippen molar-refractivity contribution in [1.29, 1.82) is 5.26 Å². The van der Waals surface area contributed by atoms with Crippen molar-refractivity contribution in [2.24, 2.45) is 0 Å². The van der Waals surface area contributed by atoms with Gasteiger partial charge < -0.3 is 24.3 Å². The Bertz CT molecular complexity index is 1520. The number of ether oxygens (including phenoxy) is 1. The molecular formula is C31H36ClFN8O. The van der Waals surface area contributed by atoms with E-state index in [1.54, 1.807) is 6.20 Å². The molecule has 1 aromatic carbocycles. The molecule has 2 aromatic heterocycles. The number of nitriles is 1. The van der Waals surface area contributed by atoms with Gasteiger partial charge in [0, 0.05) is 61.3 Å². The number of hydrogen-bond acceptors (Lipinski definition) is 9. The number of rotatable bonds is 7. The van der Waals surface area contributed by atoms with Crippen molar-refractivity contribution in [3.63, 3.8) is 0 Å². The van der Waals surface area contributed by atoms with Gasteiger partial charge >= 0.3 is 6.01 Å². The number of piperazine rings is 1. The lowest BCUT2D eigenvalue weighted by atomic mass is 10.0. The normalized spacial score (nSPS) is 21.5. The third-order valence-corrected chi connectivity index (χ3v) is 8.95. The summed E-state index contributed by atoms with van der Waals surface area (Å²) < 4.78 is 20.1. The molecule has 3 aliphatic heterocycles. The van der Waals surface area contributed by atoms with Crippen molar-refractivity contribution in [2.45, 2.75) is 51.2 Å². The third-order valence-electron chi connectivity index (χ3n) is 8.66. The zero-order valence-corrected chi connectivity index (χ0v) is 24.9. The molecule has 0 N–H and O–H groups in total. The summed E-state index contributed by atoms with van der Waals surface area (Å²) in [6.45, 7) is 6.23. The number of halogens is 2. The van der Waals surface area contributed by atoms with Crippen molar-refractivity contribution >= 4 is 33.9 Å². The lowest BCUT2D eigenvalue weighted by molar-refractivity contribution is 0.187. The number of fused-ring (bicyclic) bond motifs is 2. The van der Waals surface area contributed by atoms with Gasteiger partial charge in [0.15, 0.2) is 0 Å². The van der Waals surface area contributed by atoms with Crippen molar-refractivity contribution in [3.05, 3.63) is 58.9 Å². The first-order chi connectivity index (χ1) is 20.4. The van der Waals surface area contributed by atoms with Crippen LogP contribution in [-0.2, 0) is 13.0 Å². The monoisotopic (exact) mass is 590 g/mol. The predicted molar refractivity (Wildman–Crippen MR) is 162 cm³/mol. The van der Waals surface area contributed by atoms with Crippen molar-refractivity contribution < 1.29 is 9.13 Å². The van der Waals surface area contributed by atoms with E-state index in [0.29, 0.717) is 56.4 Å². The highest BCUT2D eigenvalue weighted by atomic mass is 35.5. The highest BCUT2D eigenvalue weighted by molar-refractivity contribution is 6.35. The number of pyridine rings is 1. The molecule has 42 heavy (non-hydrogen) atoms. The van der Waals surface area contributed by atoms with Gasteiger partial charge in [-0.2, -0.15) is 15.2 Å². The Hall–Kier alpha value is -3.68. The van der Waals surface area contributed by atoms with Gasteiger partial charge in [-0.1, -0.05) is 23.7 Å². The summed E-state index contributed by atoms with van der Waals surface area (Å²) in [4.78, 5) is 23.1. The molecule has 11 heteroatoms. The van der Waals surface area contributed by atoms with Crippen LogP contribution in [0, 0.1) is 11.3 Å². The van der Waals surface area contributed by atoms with Crippen LogP contribution in [0.15, 0.2) is 42.5 Å². The molecule has 0 amide bonds. The molecule has 9 nitrogen and oxygen atoms in total. The second-order valence-corrected chi connectivity index (χ2v) is 11.8. The molecule has 6 rings (SSSR count). The fourth-order valence-electron chi connectivity index (χ4n) is 6.46. The number of likely N-dealkylation sites (N-methyl/N-ethyl adjacent to an activating group) is 1. The smallest absolute Gasteiger partial charge is 0.318 e. The number of allylic oxidation sites excluding steroid dienone is 1. The van der Waals surface area contributed by atoms with Crippen LogP contribution in [0.2, 0.25) is 5.15 Å². The van der Waals surface area contributed by atoms with Gasteiger partial charge in [-0.3, -0.25) is 0 Å². The molecular weight excluding hydrogens is 555 g/mol. The second kappa shape index (κ2) is 12.3. The van der Waals surface area contributed by atoms with Gasteiger partial charge in [-0.25, -0.2) is 9.37 Å². The molecule has 220 valence electrons. The average molecular weight is 591 g/mol. The van der Waals surface area contributed by atoms with Crippen LogP contribution in [-0.4, -0.2) is 83.2 Å². The van der Waals surface area contributed by atoms with E-state index < -0.39 is 0 Å². The van der Waals surface area contributed by atoms with E-state index in [-0.39, 0.29) is 11.9 Å². The van der Waals surface area contributed by atoms with Crippen molar-refractivity contribution in [3.8, 4) is 12.1 Å². The topological polar surface area (TPSA) is 84.7 Å². The standard InChI is InChI=1S/C31H36ClFN8O/c1-21(33)17-39-15-16-41(18-23(39)8-11-34)30-25-10-14-40(27-7-3-5-22-9-12-35-29(32)28(22)27)19-26(25)36-31(37-30)42-20-24-6-4-13-38(24)2/h3,5,7,9,12,17,23-24H,4,6,8,10,13-16,18-20H2,1-2H3. The lowest BCUT2D eigenvalue weighted by Crippen LogP contribution is -2.51. The minimum absolute atomic E-state index is 0.137. The van der Waals surface area contributed by atoms with Crippen LogP contribution < -0.4 is 14.5 Å². The Kier molecular flexibility index (Phi) is 8.31. The molecule has 0 spiro atoms. The predicted octanol–water partition coefficient (Wildman–Crippen LogP) is 4.95. The maximum atomic E-state index is 13.8. The zero-order valence-electron chi connectivity index (χ0n) is 24.1. The molecule has 0 aliphatic carbocycles. The lowest BCUT2D eigenvalue weighted by Gasteiger charge is -2.42. The maximum Gasteiger partial charge on any atom is 0.318 e. The van der Waals surface area contributed by atoms with Crippen LogP contribution in [0.5, 0.6) is 6.01 Å². The van der Waals surface area contributed by atoms with E-state index in [1.807, 2.05) is 23.1 Å². The molecule has 0 radical (unpaired) electrons. The fraction of sp³-hybridized carbons (Fsp3) is 0.484. The Labute approximate surface area is 251 Å². The summed E-state index contributed by atoms with van der Waals surface area (Å²) in [6.07, 6.45) is 6.55. The van der Waals surface area contributed by atoms with E-state index in [2.05, 4.69) is 38.9 Å². The molecule has 2 unspecified atom stereocenters. The molecule has 0 saturated carbocycles. The SMILES string of the molecule is CC(F)=CN1CCN(c2nc(OCC3CCCN3C)nc3c2CCN(c2cccc4ccnc(Cl)c24)C3)CC1CC#N. The average Bonchev–Trinajstić information content (AvgIpc) is 3.40. The second-order valence-electron chi connectivity index (χ2n) is 11.4. The Morgan fingerprint density at radius 3 is 2.83 bits per heavy atom. The first-order valence-electron chi connectivity index (χ1n) is 14.6. The summed E-state index contributed by atoms with van der Waals surface area (Å²) in [6, 6.07) is 11.0. The molecule has 2 fully saturated rings. The summed E-state index contributed by atoms with van der Waals surface area (Å²) in [5.41, 5.74) is 3.06. The van der Waals surface area contributed by atoms with Crippen molar-refractivity contribution in [1.82, 2.24) is 24.8 Å². The first kappa shape index (κ1) is 28.4. The zero-order chi connectivity index (χ0) is 29.2. The van der Waals surface area contributed by atoms with Gasteiger partial charge in [-0.05, 0) is 57.3 Å². The number of hydrogen-bond donors (Lipinski definition) is 0. The Morgan fingerprint density at radius 2 is 2.05 bits per heavy atom. The van der Waals surface area contributed by atoms with Gasteiger partial charge in [0.25, 0.3) is 0 Å². The number of benzene rings is 1. The van der Waals surface area contributed by atoms with Crippen LogP contribution >= 0.6 is 11.6 Å². The Morgan fingerprint density at radius 1 is 1.17 bits per heavy atom. The highest BCUT2D eigenvalue weighted by Gasteiger charge is 2.32. The van der Waals surface area contributed by atoms with Crippen LogP contribution in [0.25, 0.3) is 10.8 Å². The van der Waals surface area contributed by atoms with Crippen molar-refractivity contribution in [2.75, 3.05) is 56.2 Å². The van der Waals surface area contributed by atoms with E-state index in [4.69, 9.17) is 26.3 Å². The summed E-state index contributed by atoms with van der Waals surface area (Å²) in [7, 11) is 2.13. The number of likely N-dealkylation sites (tertiary alicyclic amines) is 1.